The molecule has 22 heavy (non-hydrogen) atoms. The molecule has 1 amide bonds. The topological polar surface area (TPSA) is 87.7 Å². The molecule has 0 atom stereocenters. The molecule has 3 N–H and O–H groups in total. The molecule has 0 saturated heterocycles. The third-order valence-electron chi connectivity index (χ3n) is 3.93. The van der Waals surface area contributed by atoms with Crippen LogP contribution in [0.5, 0.6) is 0 Å². The summed E-state index contributed by atoms with van der Waals surface area (Å²) in [7, 11) is 0. The highest BCUT2D eigenvalue weighted by molar-refractivity contribution is 5.74. The minimum absolute atomic E-state index is 0.0487. The largest absolute Gasteiger partial charge is 0.370 e. The van der Waals surface area contributed by atoms with Crippen LogP contribution in [0.1, 0.15) is 43.2 Å². The van der Waals surface area contributed by atoms with E-state index in [9.17, 15) is 9.59 Å². The summed E-state index contributed by atoms with van der Waals surface area (Å²) in [5.41, 5.74) is 6.33. The molecule has 0 bridgehead atoms. The van der Waals surface area contributed by atoms with E-state index in [2.05, 4.69) is 5.48 Å². The molecule has 6 heteroatoms. The van der Waals surface area contributed by atoms with Gasteiger partial charge in [-0.05, 0) is 30.4 Å². The van der Waals surface area contributed by atoms with Crippen LogP contribution in [-0.2, 0) is 27.4 Å². The first-order valence-corrected chi connectivity index (χ1v) is 7.63. The standard InChI is InChI=1S/C16H22N2O4/c19-15(18-21)10-9-12-5-7-13(8-6-12)11-17-22-16(20)14-3-1-2-4-14/h5-8,14,17,21H,1-4,9-11H2,(H,18,19). The maximum atomic E-state index is 11.7. The molecule has 0 radical (unpaired) electrons. The lowest BCUT2D eigenvalue weighted by Crippen LogP contribution is -2.24. The number of carbonyl (C=O) groups is 2. The van der Waals surface area contributed by atoms with E-state index in [4.69, 9.17) is 10.0 Å². The zero-order valence-electron chi connectivity index (χ0n) is 12.5. The smallest absolute Gasteiger partial charge is 0.327 e. The zero-order valence-corrected chi connectivity index (χ0v) is 12.5. The summed E-state index contributed by atoms with van der Waals surface area (Å²) in [6.45, 7) is 0.454. The summed E-state index contributed by atoms with van der Waals surface area (Å²) in [6.07, 6.45) is 4.88. The van der Waals surface area contributed by atoms with Crippen LogP contribution in [0.25, 0.3) is 0 Å². The van der Waals surface area contributed by atoms with E-state index in [-0.39, 0.29) is 18.3 Å². The highest BCUT2D eigenvalue weighted by Gasteiger charge is 2.24. The second-order valence-electron chi connectivity index (χ2n) is 5.58. The molecule has 0 spiro atoms. The fourth-order valence-electron chi connectivity index (χ4n) is 2.57. The molecular formula is C16H22N2O4. The third-order valence-corrected chi connectivity index (χ3v) is 3.93. The maximum Gasteiger partial charge on any atom is 0.327 e. The van der Waals surface area contributed by atoms with Crippen LogP contribution in [0.2, 0.25) is 0 Å². The Labute approximate surface area is 129 Å². The van der Waals surface area contributed by atoms with Crippen molar-refractivity contribution in [2.75, 3.05) is 0 Å². The summed E-state index contributed by atoms with van der Waals surface area (Å²) in [5.74, 6) is -0.513. The number of amides is 1. The van der Waals surface area contributed by atoms with Crippen LogP contribution in [0, 0.1) is 5.92 Å². The van der Waals surface area contributed by atoms with Gasteiger partial charge in [0.2, 0.25) is 5.91 Å². The van der Waals surface area contributed by atoms with Crippen molar-refractivity contribution >= 4 is 11.9 Å². The molecule has 1 aliphatic carbocycles. The van der Waals surface area contributed by atoms with Crippen LogP contribution in [0.15, 0.2) is 24.3 Å². The average Bonchev–Trinajstić information content (AvgIpc) is 3.08. The van der Waals surface area contributed by atoms with E-state index in [0.717, 1.165) is 36.8 Å². The van der Waals surface area contributed by atoms with Gasteiger partial charge in [-0.15, -0.1) is 5.48 Å². The van der Waals surface area contributed by atoms with Gasteiger partial charge >= 0.3 is 5.97 Å². The number of rotatable bonds is 7. The van der Waals surface area contributed by atoms with E-state index in [1.807, 2.05) is 24.3 Å². The average molecular weight is 306 g/mol. The van der Waals surface area contributed by atoms with Crippen LogP contribution in [-0.4, -0.2) is 17.1 Å². The van der Waals surface area contributed by atoms with Gasteiger partial charge in [0.15, 0.2) is 0 Å². The van der Waals surface area contributed by atoms with Gasteiger partial charge in [-0.2, -0.15) is 0 Å². The first-order chi connectivity index (χ1) is 10.7. The van der Waals surface area contributed by atoms with Gasteiger partial charge in [-0.25, -0.2) is 5.48 Å². The Hall–Kier alpha value is -1.92. The van der Waals surface area contributed by atoms with Crippen molar-refractivity contribution < 1.29 is 19.6 Å². The molecule has 120 valence electrons. The minimum atomic E-state index is -0.399. The van der Waals surface area contributed by atoms with Gasteiger partial charge in [-0.1, -0.05) is 37.1 Å². The molecule has 0 aromatic heterocycles. The number of hydrogen-bond acceptors (Lipinski definition) is 5. The Bertz CT molecular complexity index is 495. The highest BCUT2D eigenvalue weighted by atomic mass is 16.7. The summed E-state index contributed by atoms with van der Waals surface area (Å²) >= 11 is 0. The maximum absolute atomic E-state index is 11.7. The fraction of sp³-hybridized carbons (Fsp3) is 0.500. The number of carbonyl (C=O) groups excluding carboxylic acids is 2. The summed E-state index contributed by atoms with van der Waals surface area (Å²) in [5, 5.41) is 8.43. The number of nitrogens with one attached hydrogen (secondary N) is 2. The minimum Gasteiger partial charge on any atom is -0.370 e. The monoisotopic (exact) mass is 306 g/mol. The quantitative estimate of drug-likeness (QED) is 0.529. The summed E-state index contributed by atoms with van der Waals surface area (Å²) in [6, 6.07) is 7.67. The van der Waals surface area contributed by atoms with Crippen molar-refractivity contribution in [3.63, 3.8) is 0 Å². The van der Waals surface area contributed by atoms with E-state index in [1.54, 1.807) is 5.48 Å². The van der Waals surface area contributed by atoms with Crippen molar-refractivity contribution in [1.29, 1.82) is 0 Å². The second kappa shape index (κ2) is 8.51. The summed E-state index contributed by atoms with van der Waals surface area (Å²) < 4.78 is 0. The molecule has 2 rings (SSSR count). The molecule has 1 aliphatic rings. The number of hydroxylamine groups is 2. The van der Waals surface area contributed by atoms with Crippen molar-refractivity contribution in [3.05, 3.63) is 35.4 Å². The van der Waals surface area contributed by atoms with E-state index < -0.39 is 5.91 Å². The van der Waals surface area contributed by atoms with Crippen molar-refractivity contribution in [2.24, 2.45) is 5.92 Å². The molecule has 6 nitrogen and oxygen atoms in total. The zero-order chi connectivity index (χ0) is 15.8. The Balaban J connectivity index is 1.69. The predicted molar refractivity (Wildman–Crippen MR) is 79.6 cm³/mol. The predicted octanol–water partition coefficient (Wildman–Crippen LogP) is 1.86. The SMILES string of the molecule is O=C(CCc1ccc(CNOC(=O)C2CCCC2)cc1)NO. The highest BCUT2D eigenvalue weighted by Crippen LogP contribution is 2.25. The Kier molecular flexibility index (Phi) is 6.36. The molecule has 1 fully saturated rings. The van der Waals surface area contributed by atoms with Crippen LogP contribution < -0.4 is 11.0 Å². The molecule has 1 saturated carbocycles. The van der Waals surface area contributed by atoms with Gasteiger partial charge in [0.1, 0.15) is 0 Å². The first-order valence-electron chi connectivity index (χ1n) is 7.63. The first kappa shape index (κ1) is 16.5. The van der Waals surface area contributed by atoms with Crippen LogP contribution in [0.4, 0.5) is 0 Å². The van der Waals surface area contributed by atoms with Gasteiger partial charge in [0.25, 0.3) is 0 Å². The number of aryl methyl sites for hydroxylation is 1. The Morgan fingerprint density at radius 1 is 1.14 bits per heavy atom. The summed E-state index contributed by atoms with van der Waals surface area (Å²) in [4.78, 5) is 27.8. The van der Waals surface area contributed by atoms with Crippen LogP contribution >= 0.6 is 0 Å². The third kappa shape index (κ3) is 5.13. The molecule has 1 aromatic rings. The molecular weight excluding hydrogens is 284 g/mol. The van der Waals surface area contributed by atoms with Gasteiger partial charge in [0, 0.05) is 6.42 Å². The Morgan fingerprint density at radius 3 is 2.41 bits per heavy atom. The second-order valence-corrected chi connectivity index (χ2v) is 5.58. The lowest BCUT2D eigenvalue weighted by Gasteiger charge is -2.10. The van der Waals surface area contributed by atoms with E-state index >= 15 is 0 Å². The lowest BCUT2D eigenvalue weighted by molar-refractivity contribution is -0.156. The van der Waals surface area contributed by atoms with Gasteiger partial charge in [0.05, 0.1) is 12.5 Å². The lowest BCUT2D eigenvalue weighted by atomic mass is 10.1. The molecule has 0 unspecified atom stereocenters. The van der Waals surface area contributed by atoms with E-state index in [1.165, 1.54) is 0 Å². The fourth-order valence-corrected chi connectivity index (χ4v) is 2.57. The van der Waals surface area contributed by atoms with Gasteiger partial charge < -0.3 is 4.84 Å². The number of benzene rings is 1. The van der Waals surface area contributed by atoms with Crippen molar-refractivity contribution in [2.45, 2.75) is 45.1 Å². The molecule has 0 heterocycles. The van der Waals surface area contributed by atoms with Crippen LogP contribution in [0.3, 0.4) is 0 Å². The molecule has 0 aliphatic heterocycles. The Morgan fingerprint density at radius 2 is 1.77 bits per heavy atom. The van der Waals surface area contributed by atoms with Crippen molar-refractivity contribution in [1.82, 2.24) is 11.0 Å². The van der Waals surface area contributed by atoms with E-state index in [0.29, 0.717) is 13.0 Å². The number of hydrogen-bond donors (Lipinski definition) is 3. The molecule has 1 aromatic carbocycles. The van der Waals surface area contributed by atoms with Crippen molar-refractivity contribution in [3.8, 4) is 0 Å². The van der Waals surface area contributed by atoms with Gasteiger partial charge in [-0.3, -0.25) is 14.8 Å². The normalized spacial score (nSPS) is 14.8.